The van der Waals surface area contributed by atoms with E-state index in [0.717, 1.165) is 24.2 Å². The van der Waals surface area contributed by atoms with Crippen molar-refractivity contribution >= 4 is 10.1 Å². The molecule has 0 radical (unpaired) electrons. The van der Waals surface area contributed by atoms with Crippen molar-refractivity contribution in [2.45, 2.75) is 99.3 Å². The Hall–Kier alpha value is -0.390. The number of allylic oxidation sites excluding steroid dienone is 1. The highest BCUT2D eigenvalue weighted by atomic mass is 32.2. The van der Waals surface area contributed by atoms with Crippen molar-refractivity contribution in [1.82, 2.24) is 0 Å². The minimum Gasteiger partial charge on any atom is -0.392 e. The second-order valence-electron chi connectivity index (χ2n) is 8.46. The maximum atomic E-state index is 9.56. The molecule has 0 saturated heterocycles. The monoisotopic (exact) mass is 406 g/mol. The van der Waals surface area contributed by atoms with Gasteiger partial charge in [0, 0.05) is 0 Å². The fourth-order valence-electron chi connectivity index (χ4n) is 2.97. The van der Waals surface area contributed by atoms with Crippen LogP contribution in [-0.4, -0.2) is 30.4 Å². The Morgan fingerprint density at radius 2 is 1.30 bits per heavy atom. The fourth-order valence-corrected chi connectivity index (χ4v) is 2.97. The first-order valence-corrected chi connectivity index (χ1v) is 12.3. The van der Waals surface area contributed by atoms with Gasteiger partial charge in [0.1, 0.15) is 0 Å². The predicted octanol–water partition coefficient (Wildman–Crippen LogP) is 6.26. The van der Waals surface area contributed by atoms with E-state index in [2.05, 4.69) is 34.6 Å². The molecule has 2 N–H and O–H groups in total. The fraction of sp³-hybridized carbons (Fsp3) is 0.909. The Balaban J connectivity index is 0. The van der Waals surface area contributed by atoms with E-state index >= 15 is 0 Å². The first kappa shape index (κ1) is 28.8. The van der Waals surface area contributed by atoms with Gasteiger partial charge in [-0.25, -0.2) is 0 Å². The van der Waals surface area contributed by atoms with Crippen molar-refractivity contribution in [3.8, 4) is 0 Å². The molecule has 0 aliphatic heterocycles. The van der Waals surface area contributed by atoms with Crippen LogP contribution >= 0.6 is 0 Å². The molecule has 0 aliphatic carbocycles. The van der Waals surface area contributed by atoms with E-state index in [1.54, 1.807) is 0 Å². The molecular weight excluding hydrogens is 360 g/mol. The summed E-state index contributed by atoms with van der Waals surface area (Å²) in [6.07, 6.45) is 14.1. The SMILES string of the molecule is C/C(=C\CO)CCCC(C)CCCC(C)CCCC(C)C.CCS(=O)(=O)O. The Labute approximate surface area is 169 Å². The molecule has 0 fully saturated rings. The summed E-state index contributed by atoms with van der Waals surface area (Å²) >= 11 is 0. The lowest BCUT2D eigenvalue weighted by molar-refractivity contribution is 0.341. The highest BCUT2D eigenvalue weighted by Crippen LogP contribution is 2.21. The maximum absolute atomic E-state index is 9.56. The van der Waals surface area contributed by atoms with E-state index in [0.29, 0.717) is 0 Å². The third kappa shape index (κ3) is 25.6. The van der Waals surface area contributed by atoms with Gasteiger partial charge in [-0.2, -0.15) is 8.42 Å². The Bertz CT molecular complexity index is 455. The molecule has 27 heavy (non-hydrogen) atoms. The van der Waals surface area contributed by atoms with Crippen molar-refractivity contribution in [2.75, 3.05) is 12.4 Å². The highest BCUT2D eigenvalue weighted by Gasteiger charge is 2.06. The van der Waals surface area contributed by atoms with E-state index in [-0.39, 0.29) is 12.4 Å². The van der Waals surface area contributed by atoms with Gasteiger partial charge in [0.25, 0.3) is 10.1 Å². The van der Waals surface area contributed by atoms with Crippen LogP contribution in [0.5, 0.6) is 0 Å². The lowest BCUT2D eigenvalue weighted by Crippen LogP contribution is -2.00. The van der Waals surface area contributed by atoms with Gasteiger partial charge in [-0.1, -0.05) is 84.3 Å². The molecule has 0 aromatic rings. The lowest BCUT2D eigenvalue weighted by Gasteiger charge is -2.15. The molecule has 0 saturated carbocycles. The van der Waals surface area contributed by atoms with Crippen molar-refractivity contribution in [2.24, 2.45) is 17.8 Å². The van der Waals surface area contributed by atoms with Crippen LogP contribution < -0.4 is 0 Å². The molecule has 0 aliphatic rings. The third-order valence-electron chi connectivity index (χ3n) is 4.94. The molecule has 164 valence electrons. The van der Waals surface area contributed by atoms with Crippen LogP contribution in [0.4, 0.5) is 0 Å². The summed E-state index contributed by atoms with van der Waals surface area (Å²) in [5, 5.41) is 8.83. The molecule has 4 nitrogen and oxygen atoms in total. The first-order valence-electron chi connectivity index (χ1n) is 10.7. The van der Waals surface area contributed by atoms with Crippen LogP contribution in [0, 0.1) is 17.8 Å². The Morgan fingerprint density at radius 3 is 1.67 bits per heavy atom. The van der Waals surface area contributed by atoms with Gasteiger partial charge >= 0.3 is 0 Å². The van der Waals surface area contributed by atoms with Gasteiger partial charge in [-0.05, 0) is 44.4 Å². The van der Waals surface area contributed by atoms with Crippen LogP contribution in [-0.2, 0) is 10.1 Å². The number of aliphatic hydroxyl groups is 1. The highest BCUT2D eigenvalue weighted by molar-refractivity contribution is 7.85. The van der Waals surface area contributed by atoms with Gasteiger partial charge in [-0.3, -0.25) is 4.55 Å². The second kappa shape index (κ2) is 17.7. The van der Waals surface area contributed by atoms with Crippen molar-refractivity contribution in [1.29, 1.82) is 0 Å². The number of hydrogen-bond acceptors (Lipinski definition) is 3. The topological polar surface area (TPSA) is 74.6 Å². The summed E-state index contributed by atoms with van der Waals surface area (Å²) in [6.45, 7) is 13.2. The standard InChI is InChI=1S/C20H40O.C2H6O3S/c1-17(2)9-6-10-18(3)11-7-12-19(4)13-8-14-20(5)15-16-21;1-2-6(3,4)5/h15,17-19,21H,6-14,16H2,1-5H3;2H2,1H3,(H,3,4,5)/b20-15+;. The molecule has 0 aromatic heterocycles. The first-order chi connectivity index (χ1) is 12.5. The zero-order valence-corrected chi connectivity index (χ0v) is 19.5. The largest absolute Gasteiger partial charge is 0.392 e. The van der Waals surface area contributed by atoms with Crippen molar-refractivity contribution < 1.29 is 18.1 Å². The van der Waals surface area contributed by atoms with Crippen LogP contribution in [0.2, 0.25) is 0 Å². The molecule has 0 spiro atoms. The zero-order valence-electron chi connectivity index (χ0n) is 18.7. The molecular formula is C22H46O4S. The minimum absolute atomic E-state index is 0.191. The smallest absolute Gasteiger partial charge is 0.264 e. The van der Waals surface area contributed by atoms with Crippen LogP contribution in [0.15, 0.2) is 11.6 Å². The third-order valence-corrected chi connectivity index (χ3v) is 5.67. The minimum atomic E-state index is -3.66. The molecule has 0 amide bonds. The lowest BCUT2D eigenvalue weighted by atomic mass is 9.91. The number of aliphatic hydroxyl groups excluding tert-OH is 1. The van der Waals surface area contributed by atoms with E-state index in [1.807, 2.05) is 6.08 Å². The zero-order chi connectivity index (χ0) is 21.3. The summed E-state index contributed by atoms with van der Waals surface area (Å²) in [7, 11) is -3.66. The van der Waals surface area contributed by atoms with E-state index < -0.39 is 10.1 Å². The summed E-state index contributed by atoms with van der Waals surface area (Å²) in [5.41, 5.74) is 1.34. The van der Waals surface area contributed by atoms with E-state index in [4.69, 9.17) is 9.66 Å². The van der Waals surface area contributed by atoms with Crippen LogP contribution in [0.3, 0.4) is 0 Å². The molecule has 0 aromatic carbocycles. The van der Waals surface area contributed by atoms with Crippen LogP contribution in [0.1, 0.15) is 99.3 Å². The predicted molar refractivity (Wildman–Crippen MR) is 118 cm³/mol. The summed E-state index contributed by atoms with van der Waals surface area (Å²) in [6, 6.07) is 0. The Morgan fingerprint density at radius 1 is 0.889 bits per heavy atom. The summed E-state index contributed by atoms with van der Waals surface area (Å²) in [4.78, 5) is 0. The molecule has 0 bridgehead atoms. The van der Waals surface area contributed by atoms with Gasteiger partial charge in [0.2, 0.25) is 0 Å². The van der Waals surface area contributed by atoms with Crippen molar-refractivity contribution in [3.63, 3.8) is 0 Å². The molecule has 0 heterocycles. The molecule has 2 unspecified atom stereocenters. The average molecular weight is 407 g/mol. The van der Waals surface area contributed by atoms with Gasteiger partial charge in [-0.15, -0.1) is 0 Å². The molecule has 0 rings (SSSR count). The van der Waals surface area contributed by atoms with Gasteiger partial charge in [0.15, 0.2) is 0 Å². The second-order valence-corrected chi connectivity index (χ2v) is 10.2. The quantitative estimate of drug-likeness (QED) is 0.264. The van der Waals surface area contributed by atoms with E-state index in [9.17, 15) is 8.42 Å². The van der Waals surface area contributed by atoms with Gasteiger partial charge < -0.3 is 5.11 Å². The number of rotatable bonds is 14. The van der Waals surface area contributed by atoms with Crippen LogP contribution in [0.25, 0.3) is 0 Å². The number of hydrogen-bond donors (Lipinski definition) is 2. The molecule has 2 atom stereocenters. The van der Waals surface area contributed by atoms with Crippen molar-refractivity contribution in [3.05, 3.63) is 11.6 Å². The van der Waals surface area contributed by atoms with Gasteiger partial charge in [0.05, 0.1) is 12.4 Å². The normalized spacial score (nSPS) is 14.6. The average Bonchev–Trinajstić information content (AvgIpc) is 2.54. The summed E-state index contributed by atoms with van der Waals surface area (Å²) < 4.78 is 26.9. The summed E-state index contributed by atoms with van der Waals surface area (Å²) in [5.74, 6) is 2.42. The molecule has 5 heteroatoms. The maximum Gasteiger partial charge on any atom is 0.264 e. The Kier molecular flexibility index (Phi) is 18.9. The van der Waals surface area contributed by atoms with E-state index in [1.165, 1.54) is 63.9 Å².